The predicted molar refractivity (Wildman–Crippen MR) is 95.2 cm³/mol. The number of nitrogens with zero attached hydrogens (tertiary/aromatic N) is 1. The third-order valence-corrected chi connectivity index (χ3v) is 5.19. The standard InChI is InChI=1S/C17H24N2O5S/c1-3-4-5-9-18-16(20)12-24-17(21)14-6-7-15-13(11-14)8-10-19(15)25(2,22)23/h6-7,11H,3-5,8-10,12H2,1-2H3,(H,18,20). The van der Waals surface area contributed by atoms with Gasteiger partial charge in [-0.15, -0.1) is 0 Å². The molecule has 138 valence electrons. The van der Waals surface area contributed by atoms with E-state index in [2.05, 4.69) is 12.2 Å². The third-order valence-electron chi connectivity index (χ3n) is 4.01. The van der Waals surface area contributed by atoms with E-state index in [-0.39, 0.29) is 12.5 Å². The molecule has 0 atom stereocenters. The zero-order valence-corrected chi connectivity index (χ0v) is 15.4. The van der Waals surface area contributed by atoms with Crippen LogP contribution in [0.5, 0.6) is 0 Å². The minimum Gasteiger partial charge on any atom is -0.452 e. The molecule has 8 heteroatoms. The molecule has 0 unspecified atom stereocenters. The van der Waals surface area contributed by atoms with Crippen molar-refractivity contribution in [3.8, 4) is 0 Å². The van der Waals surface area contributed by atoms with Crippen LogP contribution in [0.2, 0.25) is 0 Å². The van der Waals surface area contributed by atoms with E-state index in [0.29, 0.717) is 30.8 Å². The summed E-state index contributed by atoms with van der Waals surface area (Å²) < 4.78 is 29.8. The van der Waals surface area contributed by atoms with Gasteiger partial charge >= 0.3 is 5.97 Å². The third kappa shape index (κ3) is 5.19. The van der Waals surface area contributed by atoms with Crippen molar-refractivity contribution in [3.05, 3.63) is 29.3 Å². The highest BCUT2D eigenvalue weighted by atomic mass is 32.2. The van der Waals surface area contributed by atoms with Crippen LogP contribution in [0.15, 0.2) is 18.2 Å². The molecule has 1 aliphatic heterocycles. The minimum atomic E-state index is -3.32. The second-order valence-electron chi connectivity index (χ2n) is 6.06. The van der Waals surface area contributed by atoms with Gasteiger partial charge in [0.05, 0.1) is 17.5 Å². The fourth-order valence-electron chi connectivity index (χ4n) is 2.71. The van der Waals surface area contributed by atoms with Crippen LogP contribution in [0.3, 0.4) is 0 Å². The topological polar surface area (TPSA) is 92.8 Å². The van der Waals surface area contributed by atoms with E-state index >= 15 is 0 Å². The number of nitrogens with one attached hydrogen (secondary N) is 1. The molecule has 0 aliphatic carbocycles. The van der Waals surface area contributed by atoms with Crippen LogP contribution >= 0.6 is 0 Å². The average Bonchev–Trinajstić information content (AvgIpc) is 3.00. The number of anilines is 1. The quantitative estimate of drug-likeness (QED) is 0.554. The first kappa shape index (κ1) is 19.2. The fraction of sp³-hybridized carbons (Fsp3) is 0.529. The van der Waals surface area contributed by atoms with Gasteiger partial charge in [-0.2, -0.15) is 0 Å². The summed E-state index contributed by atoms with van der Waals surface area (Å²) in [4.78, 5) is 23.7. The van der Waals surface area contributed by atoms with E-state index < -0.39 is 16.0 Å². The molecule has 1 aliphatic rings. The summed E-state index contributed by atoms with van der Waals surface area (Å²) in [6.07, 6.45) is 4.71. The molecule has 0 saturated carbocycles. The molecule has 7 nitrogen and oxygen atoms in total. The van der Waals surface area contributed by atoms with Crippen molar-refractivity contribution in [2.45, 2.75) is 32.6 Å². The molecule has 0 saturated heterocycles. The van der Waals surface area contributed by atoms with Gasteiger partial charge in [0.2, 0.25) is 10.0 Å². The van der Waals surface area contributed by atoms with E-state index in [1.807, 2.05) is 0 Å². The normalized spacial score (nSPS) is 13.4. The summed E-state index contributed by atoms with van der Waals surface area (Å²) in [5, 5.41) is 2.70. The maximum absolute atomic E-state index is 12.1. The molecule has 1 amide bonds. The highest BCUT2D eigenvalue weighted by Gasteiger charge is 2.27. The molecule has 2 rings (SSSR count). The maximum atomic E-state index is 12.1. The SMILES string of the molecule is CCCCCNC(=O)COC(=O)c1ccc2c(c1)CCN2S(C)(=O)=O. The molecule has 0 bridgehead atoms. The van der Waals surface area contributed by atoms with Gasteiger partial charge in [-0.1, -0.05) is 19.8 Å². The van der Waals surface area contributed by atoms with Crippen LogP contribution in [0.25, 0.3) is 0 Å². The van der Waals surface area contributed by atoms with Crippen LogP contribution in [-0.4, -0.2) is 46.2 Å². The number of sulfonamides is 1. The van der Waals surface area contributed by atoms with Gasteiger partial charge in [0, 0.05) is 13.1 Å². The number of rotatable bonds is 8. The molecule has 1 N–H and O–H groups in total. The van der Waals surface area contributed by atoms with Crippen LogP contribution in [0, 0.1) is 0 Å². The van der Waals surface area contributed by atoms with Gasteiger partial charge in [-0.05, 0) is 36.6 Å². The lowest BCUT2D eigenvalue weighted by Gasteiger charge is -2.16. The van der Waals surface area contributed by atoms with E-state index in [1.54, 1.807) is 12.1 Å². The molecule has 1 heterocycles. The van der Waals surface area contributed by atoms with Gasteiger partial charge in [-0.3, -0.25) is 9.10 Å². The number of amides is 1. The number of benzene rings is 1. The largest absolute Gasteiger partial charge is 0.452 e. The summed E-state index contributed by atoms with van der Waals surface area (Å²) in [6, 6.07) is 4.75. The molecule has 1 aromatic rings. The lowest BCUT2D eigenvalue weighted by Crippen LogP contribution is -2.29. The van der Waals surface area contributed by atoms with Crippen LogP contribution in [0.1, 0.15) is 42.1 Å². The molecular formula is C17H24N2O5S. The highest BCUT2D eigenvalue weighted by Crippen LogP contribution is 2.30. The van der Waals surface area contributed by atoms with Crippen molar-refractivity contribution < 1.29 is 22.7 Å². The molecule has 1 aromatic carbocycles. The zero-order chi connectivity index (χ0) is 18.4. The summed E-state index contributed by atoms with van der Waals surface area (Å²) in [7, 11) is -3.32. The van der Waals surface area contributed by atoms with Gasteiger partial charge in [-0.25, -0.2) is 13.2 Å². The van der Waals surface area contributed by atoms with Crippen molar-refractivity contribution >= 4 is 27.6 Å². The van der Waals surface area contributed by atoms with Crippen molar-refractivity contribution in [2.75, 3.05) is 30.3 Å². The van der Waals surface area contributed by atoms with Crippen LogP contribution in [-0.2, 0) is 26.0 Å². The second kappa shape index (κ2) is 8.33. The molecule has 0 aromatic heterocycles. The number of carbonyl (C=O) groups is 2. The van der Waals surface area contributed by atoms with E-state index in [9.17, 15) is 18.0 Å². The van der Waals surface area contributed by atoms with Crippen LogP contribution < -0.4 is 9.62 Å². The average molecular weight is 368 g/mol. The fourth-order valence-corrected chi connectivity index (χ4v) is 3.67. The summed E-state index contributed by atoms with van der Waals surface area (Å²) in [6.45, 7) is 2.70. The Kier molecular flexibility index (Phi) is 6.41. The number of unbranched alkanes of at least 4 members (excludes halogenated alkanes) is 2. The lowest BCUT2D eigenvalue weighted by molar-refractivity contribution is -0.124. The monoisotopic (exact) mass is 368 g/mol. The van der Waals surface area contributed by atoms with Gasteiger partial charge in [0.1, 0.15) is 0 Å². The Morgan fingerprint density at radius 1 is 1.28 bits per heavy atom. The Bertz CT molecular complexity index is 745. The molecule has 0 radical (unpaired) electrons. The predicted octanol–water partition coefficient (Wildman–Crippen LogP) is 1.47. The summed E-state index contributed by atoms with van der Waals surface area (Å²) >= 11 is 0. The van der Waals surface area contributed by atoms with Gasteiger partial charge in [0.15, 0.2) is 6.61 Å². The Balaban J connectivity index is 1.90. The molecule has 0 fully saturated rings. The number of hydrogen-bond acceptors (Lipinski definition) is 5. The van der Waals surface area contributed by atoms with Gasteiger partial charge < -0.3 is 10.1 Å². The Labute approximate surface area is 148 Å². The van der Waals surface area contributed by atoms with Crippen LogP contribution in [0.4, 0.5) is 5.69 Å². The Morgan fingerprint density at radius 2 is 2.04 bits per heavy atom. The van der Waals surface area contributed by atoms with Crippen molar-refractivity contribution in [2.24, 2.45) is 0 Å². The highest BCUT2D eigenvalue weighted by molar-refractivity contribution is 7.92. The zero-order valence-electron chi connectivity index (χ0n) is 14.6. The van der Waals surface area contributed by atoms with E-state index in [4.69, 9.17) is 4.74 Å². The summed E-state index contributed by atoms with van der Waals surface area (Å²) in [5.41, 5.74) is 1.68. The number of ether oxygens (including phenoxy) is 1. The number of hydrogen-bond donors (Lipinski definition) is 1. The first-order valence-corrected chi connectivity index (χ1v) is 10.2. The van der Waals surface area contributed by atoms with E-state index in [0.717, 1.165) is 31.1 Å². The summed E-state index contributed by atoms with van der Waals surface area (Å²) in [5.74, 6) is -0.918. The minimum absolute atomic E-state index is 0.313. The lowest BCUT2D eigenvalue weighted by atomic mass is 10.1. The van der Waals surface area contributed by atoms with Crippen molar-refractivity contribution in [3.63, 3.8) is 0 Å². The molecule has 25 heavy (non-hydrogen) atoms. The number of esters is 1. The van der Waals surface area contributed by atoms with Crippen molar-refractivity contribution in [1.29, 1.82) is 0 Å². The molecular weight excluding hydrogens is 344 g/mol. The smallest absolute Gasteiger partial charge is 0.338 e. The number of fused-ring (bicyclic) bond motifs is 1. The van der Waals surface area contributed by atoms with Gasteiger partial charge in [0.25, 0.3) is 5.91 Å². The van der Waals surface area contributed by atoms with E-state index in [1.165, 1.54) is 10.4 Å². The Morgan fingerprint density at radius 3 is 2.72 bits per heavy atom. The first-order chi connectivity index (χ1) is 11.8. The number of carbonyl (C=O) groups excluding carboxylic acids is 2. The molecule has 0 spiro atoms. The maximum Gasteiger partial charge on any atom is 0.338 e. The first-order valence-electron chi connectivity index (χ1n) is 8.37. The van der Waals surface area contributed by atoms with Crippen molar-refractivity contribution in [1.82, 2.24) is 5.32 Å². The Hall–Kier alpha value is -2.09. The second-order valence-corrected chi connectivity index (χ2v) is 7.97.